The summed E-state index contributed by atoms with van der Waals surface area (Å²) < 4.78 is 0.969. The largest absolute Gasteiger partial charge is 0.377 e. The smallest absolute Gasteiger partial charge is 0.271 e. The molecule has 1 aromatic heterocycles. The first-order valence-electron chi connectivity index (χ1n) is 6.28. The minimum absolute atomic E-state index is 0.266. The SMILES string of the molecule is CN(C)c1ccc(/C=N\NC(=O)c2ccncc2)cc1Br. The van der Waals surface area contributed by atoms with E-state index in [0.29, 0.717) is 5.56 Å². The average Bonchev–Trinajstić information content (AvgIpc) is 2.47. The number of carbonyl (C=O) groups is 1. The summed E-state index contributed by atoms with van der Waals surface area (Å²) in [5.74, 6) is -0.266. The summed E-state index contributed by atoms with van der Waals surface area (Å²) >= 11 is 3.51. The molecule has 0 aliphatic rings. The van der Waals surface area contributed by atoms with Crippen LogP contribution in [-0.4, -0.2) is 31.2 Å². The van der Waals surface area contributed by atoms with Crippen molar-refractivity contribution in [2.24, 2.45) is 5.10 Å². The fourth-order valence-electron chi connectivity index (χ4n) is 1.70. The van der Waals surface area contributed by atoms with Gasteiger partial charge in [-0.05, 0) is 45.8 Å². The van der Waals surface area contributed by atoms with Gasteiger partial charge in [-0.3, -0.25) is 9.78 Å². The van der Waals surface area contributed by atoms with E-state index in [-0.39, 0.29) is 5.91 Å². The van der Waals surface area contributed by atoms with Crippen LogP contribution >= 0.6 is 15.9 Å². The Kier molecular flexibility index (Phi) is 5.05. The topological polar surface area (TPSA) is 57.6 Å². The maximum atomic E-state index is 11.8. The van der Waals surface area contributed by atoms with Crippen molar-refractivity contribution in [1.29, 1.82) is 0 Å². The molecule has 0 spiro atoms. The van der Waals surface area contributed by atoms with Crippen molar-refractivity contribution < 1.29 is 4.79 Å². The molecule has 1 heterocycles. The normalized spacial score (nSPS) is 10.6. The zero-order valence-corrected chi connectivity index (χ0v) is 13.3. The molecule has 2 rings (SSSR count). The molecule has 0 aliphatic heterocycles. The number of hydrogen-bond acceptors (Lipinski definition) is 4. The van der Waals surface area contributed by atoms with Gasteiger partial charge in [0.05, 0.1) is 11.9 Å². The van der Waals surface area contributed by atoms with Crippen LogP contribution in [0.4, 0.5) is 5.69 Å². The maximum Gasteiger partial charge on any atom is 0.271 e. The molecule has 0 aliphatic carbocycles. The Morgan fingerprint density at radius 1 is 1.29 bits per heavy atom. The van der Waals surface area contributed by atoms with E-state index >= 15 is 0 Å². The van der Waals surface area contributed by atoms with Gasteiger partial charge in [0.1, 0.15) is 0 Å². The third-order valence-electron chi connectivity index (χ3n) is 2.78. The molecule has 0 saturated heterocycles. The van der Waals surface area contributed by atoms with Gasteiger partial charge in [0.2, 0.25) is 0 Å². The van der Waals surface area contributed by atoms with Crippen LogP contribution in [0.3, 0.4) is 0 Å². The number of pyridine rings is 1. The lowest BCUT2D eigenvalue weighted by molar-refractivity contribution is 0.0955. The zero-order chi connectivity index (χ0) is 15.2. The summed E-state index contributed by atoms with van der Waals surface area (Å²) in [4.78, 5) is 17.6. The van der Waals surface area contributed by atoms with Crippen molar-refractivity contribution in [2.75, 3.05) is 19.0 Å². The van der Waals surface area contributed by atoms with Gasteiger partial charge in [0, 0.05) is 36.5 Å². The first-order valence-corrected chi connectivity index (χ1v) is 7.07. The van der Waals surface area contributed by atoms with Gasteiger partial charge >= 0.3 is 0 Å². The zero-order valence-electron chi connectivity index (χ0n) is 11.7. The van der Waals surface area contributed by atoms with Gasteiger partial charge < -0.3 is 4.90 Å². The Balaban J connectivity index is 2.02. The Bertz CT molecular complexity index is 656. The fourth-order valence-corrected chi connectivity index (χ4v) is 2.45. The number of benzene rings is 1. The lowest BCUT2D eigenvalue weighted by atomic mass is 10.2. The van der Waals surface area contributed by atoms with Crippen LogP contribution in [-0.2, 0) is 0 Å². The van der Waals surface area contributed by atoms with Crippen molar-refractivity contribution in [3.8, 4) is 0 Å². The minimum Gasteiger partial charge on any atom is -0.377 e. The highest BCUT2D eigenvalue weighted by Gasteiger charge is 2.03. The number of carbonyl (C=O) groups excluding carboxylic acids is 1. The molecule has 2 aromatic rings. The Morgan fingerprint density at radius 3 is 2.62 bits per heavy atom. The first-order chi connectivity index (χ1) is 10.1. The highest BCUT2D eigenvalue weighted by molar-refractivity contribution is 9.10. The van der Waals surface area contributed by atoms with E-state index in [1.165, 1.54) is 0 Å². The Hall–Kier alpha value is -2.21. The maximum absolute atomic E-state index is 11.8. The Morgan fingerprint density at radius 2 is 2.00 bits per heavy atom. The molecule has 0 atom stereocenters. The second kappa shape index (κ2) is 6.99. The van der Waals surface area contributed by atoms with Crippen LogP contribution in [0.1, 0.15) is 15.9 Å². The molecule has 1 amide bonds. The molecule has 0 fully saturated rings. The summed E-state index contributed by atoms with van der Waals surface area (Å²) in [6.07, 6.45) is 4.73. The predicted molar refractivity (Wildman–Crippen MR) is 87.8 cm³/mol. The van der Waals surface area contributed by atoms with E-state index in [4.69, 9.17) is 0 Å². The molecule has 5 nitrogen and oxygen atoms in total. The van der Waals surface area contributed by atoms with Crippen LogP contribution in [0.25, 0.3) is 0 Å². The molecule has 108 valence electrons. The van der Waals surface area contributed by atoms with Gasteiger partial charge in [-0.25, -0.2) is 5.43 Å². The summed E-state index contributed by atoms with van der Waals surface area (Å²) in [6.45, 7) is 0. The third kappa shape index (κ3) is 4.13. The number of anilines is 1. The van der Waals surface area contributed by atoms with E-state index in [0.717, 1.165) is 15.7 Å². The number of nitrogens with one attached hydrogen (secondary N) is 1. The lowest BCUT2D eigenvalue weighted by Crippen LogP contribution is -2.17. The molecule has 1 N–H and O–H groups in total. The average molecular weight is 347 g/mol. The number of nitrogens with zero attached hydrogens (tertiary/aromatic N) is 3. The number of hydrogen-bond donors (Lipinski definition) is 1. The number of rotatable bonds is 4. The standard InChI is InChI=1S/C15H15BrN4O/c1-20(2)14-4-3-11(9-13(14)16)10-18-19-15(21)12-5-7-17-8-6-12/h3-10H,1-2H3,(H,19,21)/b18-10-. The third-order valence-corrected chi connectivity index (χ3v) is 3.41. The van der Waals surface area contributed by atoms with Crippen LogP contribution in [0.2, 0.25) is 0 Å². The van der Waals surface area contributed by atoms with Gasteiger partial charge in [-0.1, -0.05) is 6.07 Å². The monoisotopic (exact) mass is 346 g/mol. The molecular weight excluding hydrogens is 332 g/mol. The Labute approximate surface area is 131 Å². The van der Waals surface area contributed by atoms with Crippen molar-refractivity contribution in [3.63, 3.8) is 0 Å². The number of amides is 1. The minimum atomic E-state index is -0.266. The molecule has 1 aromatic carbocycles. The number of halogens is 1. The van der Waals surface area contributed by atoms with E-state index in [9.17, 15) is 4.79 Å². The van der Waals surface area contributed by atoms with Crippen LogP contribution < -0.4 is 10.3 Å². The molecule has 0 unspecified atom stereocenters. The first kappa shape index (κ1) is 15.2. The second-order valence-electron chi connectivity index (χ2n) is 4.54. The quantitative estimate of drug-likeness (QED) is 0.683. The number of hydrazone groups is 1. The van der Waals surface area contributed by atoms with Crippen molar-refractivity contribution >= 4 is 33.7 Å². The van der Waals surface area contributed by atoms with Crippen molar-refractivity contribution in [3.05, 3.63) is 58.3 Å². The predicted octanol–water partition coefficient (Wildman–Crippen LogP) is 2.67. The van der Waals surface area contributed by atoms with E-state index in [1.54, 1.807) is 30.7 Å². The highest BCUT2D eigenvalue weighted by Crippen LogP contribution is 2.25. The second-order valence-corrected chi connectivity index (χ2v) is 5.39. The van der Waals surface area contributed by atoms with Crippen molar-refractivity contribution in [1.82, 2.24) is 10.4 Å². The lowest BCUT2D eigenvalue weighted by Gasteiger charge is -2.14. The van der Waals surface area contributed by atoms with Crippen LogP contribution in [0, 0.1) is 0 Å². The van der Waals surface area contributed by atoms with Gasteiger partial charge in [0.25, 0.3) is 5.91 Å². The van der Waals surface area contributed by atoms with E-state index in [2.05, 4.69) is 31.4 Å². The highest BCUT2D eigenvalue weighted by atomic mass is 79.9. The molecule has 0 radical (unpaired) electrons. The van der Waals surface area contributed by atoms with Crippen LogP contribution in [0.15, 0.2) is 52.3 Å². The van der Waals surface area contributed by atoms with Gasteiger partial charge in [-0.2, -0.15) is 5.10 Å². The summed E-state index contributed by atoms with van der Waals surface area (Å²) in [6, 6.07) is 9.12. The summed E-state index contributed by atoms with van der Waals surface area (Å²) in [5, 5.41) is 3.95. The summed E-state index contributed by atoms with van der Waals surface area (Å²) in [7, 11) is 3.95. The molecular formula is C15H15BrN4O. The molecule has 0 saturated carbocycles. The molecule has 0 bridgehead atoms. The molecule has 6 heteroatoms. The van der Waals surface area contributed by atoms with E-state index in [1.807, 2.05) is 37.2 Å². The molecule has 21 heavy (non-hydrogen) atoms. The number of aromatic nitrogens is 1. The summed E-state index contributed by atoms with van der Waals surface area (Å²) in [5.41, 5.74) is 4.97. The fraction of sp³-hybridized carbons (Fsp3) is 0.133. The van der Waals surface area contributed by atoms with Gasteiger partial charge in [-0.15, -0.1) is 0 Å². The van der Waals surface area contributed by atoms with Crippen molar-refractivity contribution in [2.45, 2.75) is 0 Å². The van der Waals surface area contributed by atoms with Gasteiger partial charge in [0.15, 0.2) is 0 Å². The van der Waals surface area contributed by atoms with E-state index < -0.39 is 0 Å². The van der Waals surface area contributed by atoms with Crippen LogP contribution in [0.5, 0.6) is 0 Å².